The third-order valence-electron chi connectivity index (χ3n) is 2.79. The average molecular weight is 323 g/mol. The predicted molar refractivity (Wildman–Crippen MR) is 79.8 cm³/mol. The van der Waals surface area contributed by atoms with Crippen LogP contribution in [-0.4, -0.2) is 18.6 Å². The molecule has 0 aromatic heterocycles. The minimum Gasteiger partial charge on any atom is -0.435 e. The summed E-state index contributed by atoms with van der Waals surface area (Å²) in [7, 11) is 0. The lowest BCUT2D eigenvalue weighted by molar-refractivity contribution is -0.121. The highest BCUT2D eigenvalue weighted by molar-refractivity contribution is 5.85. The highest BCUT2D eigenvalue weighted by Gasteiger charge is 2.12. The van der Waals surface area contributed by atoms with Gasteiger partial charge in [0.25, 0.3) is 0 Å². The zero-order chi connectivity index (χ0) is 15.1. The van der Waals surface area contributed by atoms with E-state index in [9.17, 15) is 13.6 Å². The van der Waals surface area contributed by atoms with Crippen molar-refractivity contribution in [3.05, 3.63) is 29.8 Å². The van der Waals surface area contributed by atoms with Crippen LogP contribution in [0.1, 0.15) is 38.3 Å². The van der Waals surface area contributed by atoms with Gasteiger partial charge in [0.15, 0.2) is 0 Å². The van der Waals surface area contributed by atoms with E-state index in [-0.39, 0.29) is 36.1 Å². The van der Waals surface area contributed by atoms with Crippen molar-refractivity contribution in [2.45, 2.75) is 45.4 Å². The summed E-state index contributed by atoms with van der Waals surface area (Å²) >= 11 is 0. The molecule has 1 aromatic carbocycles. The summed E-state index contributed by atoms with van der Waals surface area (Å²) in [5.74, 6) is -0.0378. The molecule has 0 saturated heterocycles. The normalized spacial score (nSPS) is 13.2. The number of nitrogens with one attached hydrogen (secondary N) is 1. The van der Waals surface area contributed by atoms with Gasteiger partial charge in [0.1, 0.15) is 5.75 Å². The van der Waals surface area contributed by atoms with Gasteiger partial charge in [-0.25, -0.2) is 0 Å². The number of hydrogen-bond acceptors (Lipinski definition) is 3. The van der Waals surface area contributed by atoms with E-state index in [1.165, 1.54) is 12.1 Å². The standard InChI is InChI=1S/C14H20F2N2O2.ClH/c1-9(17)6-7-13(19)18-10(2)11-4-3-5-12(8-11)20-14(15)16;/h3-5,8-10,14H,6-7,17H2,1-2H3,(H,18,19);1H. The fraction of sp³-hybridized carbons (Fsp3) is 0.500. The van der Waals surface area contributed by atoms with Crippen LogP contribution in [0.5, 0.6) is 5.75 Å². The number of hydrogen-bond donors (Lipinski definition) is 2. The highest BCUT2D eigenvalue weighted by atomic mass is 35.5. The molecule has 1 amide bonds. The fourth-order valence-corrected chi connectivity index (χ4v) is 1.72. The molecule has 4 nitrogen and oxygen atoms in total. The van der Waals surface area contributed by atoms with Crippen LogP contribution in [0, 0.1) is 0 Å². The van der Waals surface area contributed by atoms with Crippen LogP contribution in [0.2, 0.25) is 0 Å². The van der Waals surface area contributed by atoms with Gasteiger partial charge in [-0.3, -0.25) is 4.79 Å². The first kappa shape index (κ1) is 19.6. The Morgan fingerprint density at radius 3 is 2.62 bits per heavy atom. The second-order valence-corrected chi connectivity index (χ2v) is 4.76. The van der Waals surface area contributed by atoms with E-state index >= 15 is 0 Å². The molecule has 0 saturated carbocycles. The molecule has 1 aromatic rings. The van der Waals surface area contributed by atoms with E-state index in [2.05, 4.69) is 10.1 Å². The fourth-order valence-electron chi connectivity index (χ4n) is 1.72. The molecule has 0 aliphatic carbocycles. The molecule has 3 N–H and O–H groups in total. The molecule has 7 heteroatoms. The molecule has 0 heterocycles. The van der Waals surface area contributed by atoms with Gasteiger partial charge in [0, 0.05) is 12.5 Å². The number of halogens is 3. The molecule has 0 spiro atoms. The molecule has 0 aliphatic rings. The molecular weight excluding hydrogens is 302 g/mol. The van der Waals surface area contributed by atoms with Gasteiger partial charge in [0.2, 0.25) is 5.91 Å². The van der Waals surface area contributed by atoms with Gasteiger partial charge in [-0.2, -0.15) is 8.78 Å². The van der Waals surface area contributed by atoms with Crippen molar-refractivity contribution in [3.63, 3.8) is 0 Å². The maximum Gasteiger partial charge on any atom is 0.387 e. The Bertz CT molecular complexity index is 445. The maximum atomic E-state index is 12.1. The monoisotopic (exact) mass is 322 g/mol. The summed E-state index contributed by atoms with van der Waals surface area (Å²) in [6, 6.07) is 5.98. The van der Waals surface area contributed by atoms with Crippen LogP contribution < -0.4 is 15.8 Å². The summed E-state index contributed by atoms with van der Waals surface area (Å²) in [5, 5.41) is 2.79. The number of amides is 1. The minimum atomic E-state index is -2.86. The molecule has 120 valence electrons. The molecule has 21 heavy (non-hydrogen) atoms. The number of benzene rings is 1. The van der Waals surface area contributed by atoms with Gasteiger partial charge in [-0.15, -0.1) is 12.4 Å². The first-order valence-electron chi connectivity index (χ1n) is 6.48. The van der Waals surface area contributed by atoms with E-state index in [4.69, 9.17) is 5.73 Å². The zero-order valence-corrected chi connectivity index (χ0v) is 12.8. The Morgan fingerprint density at radius 1 is 1.38 bits per heavy atom. The Labute approximate surface area is 129 Å². The van der Waals surface area contributed by atoms with Crippen molar-refractivity contribution in [3.8, 4) is 5.75 Å². The highest BCUT2D eigenvalue weighted by Crippen LogP contribution is 2.20. The van der Waals surface area contributed by atoms with Crippen molar-refractivity contribution >= 4 is 18.3 Å². The Hall–Kier alpha value is -1.40. The van der Waals surface area contributed by atoms with Gasteiger partial charge in [-0.1, -0.05) is 12.1 Å². The zero-order valence-electron chi connectivity index (χ0n) is 12.0. The van der Waals surface area contributed by atoms with Crippen LogP contribution in [-0.2, 0) is 4.79 Å². The smallest absolute Gasteiger partial charge is 0.387 e. The Kier molecular flexibility index (Phi) is 8.89. The second-order valence-electron chi connectivity index (χ2n) is 4.76. The van der Waals surface area contributed by atoms with E-state index in [1.807, 2.05) is 6.92 Å². The van der Waals surface area contributed by atoms with Crippen molar-refractivity contribution < 1.29 is 18.3 Å². The van der Waals surface area contributed by atoms with Gasteiger partial charge >= 0.3 is 6.61 Å². The first-order valence-corrected chi connectivity index (χ1v) is 6.48. The summed E-state index contributed by atoms with van der Waals surface area (Å²) in [5.41, 5.74) is 6.29. The van der Waals surface area contributed by atoms with Crippen molar-refractivity contribution in [2.24, 2.45) is 5.73 Å². The average Bonchev–Trinajstić information content (AvgIpc) is 2.36. The molecule has 1 rings (SSSR count). The number of ether oxygens (including phenoxy) is 1. The number of rotatable bonds is 7. The second kappa shape index (κ2) is 9.52. The van der Waals surface area contributed by atoms with Crippen LogP contribution in [0.3, 0.4) is 0 Å². The lowest BCUT2D eigenvalue weighted by Gasteiger charge is -2.16. The maximum absolute atomic E-state index is 12.1. The molecule has 2 atom stereocenters. The number of nitrogens with two attached hydrogens (primary N) is 1. The Morgan fingerprint density at radius 2 is 2.05 bits per heavy atom. The quantitative estimate of drug-likeness (QED) is 0.811. The topological polar surface area (TPSA) is 64.4 Å². The van der Waals surface area contributed by atoms with E-state index in [1.54, 1.807) is 19.1 Å². The first-order chi connectivity index (χ1) is 9.38. The third-order valence-corrected chi connectivity index (χ3v) is 2.79. The number of carbonyl (C=O) groups excluding carboxylic acids is 1. The molecule has 0 aliphatic heterocycles. The lowest BCUT2D eigenvalue weighted by atomic mass is 10.1. The van der Waals surface area contributed by atoms with Crippen LogP contribution in [0.25, 0.3) is 0 Å². The molecule has 2 unspecified atom stereocenters. The molecular formula is C14H21ClF2N2O2. The lowest BCUT2D eigenvalue weighted by Crippen LogP contribution is -2.28. The van der Waals surface area contributed by atoms with Gasteiger partial charge in [0.05, 0.1) is 6.04 Å². The molecule has 0 fully saturated rings. The molecule has 0 bridgehead atoms. The van der Waals surface area contributed by atoms with Crippen LogP contribution in [0.4, 0.5) is 8.78 Å². The summed E-state index contributed by atoms with van der Waals surface area (Å²) in [6.45, 7) is 0.758. The summed E-state index contributed by atoms with van der Waals surface area (Å²) < 4.78 is 28.6. The van der Waals surface area contributed by atoms with Crippen LogP contribution >= 0.6 is 12.4 Å². The third kappa shape index (κ3) is 7.82. The van der Waals surface area contributed by atoms with E-state index in [0.717, 1.165) is 0 Å². The van der Waals surface area contributed by atoms with E-state index < -0.39 is 6.61 Å². The van der Waals surface area contributed by atoms with Crippen molar-refractivity contribution in [1.82, 2.24) is 5.32 Å². The summed E-state index contributed by atoms with van der Waals surface area (Å²) in [6.07, 6.45) is 0.947. The van der Waals surface area contributed by atoms with Gasteiger partial charge in [-0.05, 0) is 38.0 Å². The van der Waals surface area contributed by atoms with Crippen LogP contribution in [0.15, 0.2) is 24.3 Å². The predicted octanol–water partition coefficient (Wildman–Crippen LogP) is 3.01. The Balaban J connectivity index is 0.00000400. The number of alkyl halides is 2. The summed E-state index contributed by atoms with van der Waals surface area (Å²) in [4.78, 5) is 11.7. The van der Waals surface area contributed by atoms with E-state index in [0.29, 0.717) is 18.4 Å². The largest absolute Gasteiger partial charge is 0.435 e. The SMILES string of the molecule is CC(N)CCC(=O)NC(C)c1cccc(OC(F)F)c1.Cl. The van der Waals surface area contributed by atoms with Crippen molar-refractivity contribution in [1.29, 1.82) is 0 Å². The molecule has 0 radical (unpaired) electrons. The number of carbonyl (C=O) groups is 1. The minimum absolute atomic E-state index is 0. The van der Waals surface area contributed by atoms with Crippen molar-refractivity contribution in [2.75, 3.05) is 0 Å². The van der Waals surface area contributed by atoms with Gasteiger partial charge < -0.3 is 15.8 Å².